The molecule has 1 aliphatic rings. The number of rotatable bonds is 8. The molecule has 2 heterocycles. The summed E-state index contributed by atoms with van der Waals surface area (Å²) in [5.74, 6) is -1.33. The molecular weight excluding hydrogens is 412 g/mol. The highest BCUT2D eigenvalue weighted by atomic mass is 32.1. The number of anilines is 1. The minimum absolute atomic E-state index is 0.169. The van der Waals surface area contributed by atoms with Crippen molar-refractivity contribution in [2.45, 2.75) is 45.6 Å². The number of carboxylic acids is 1. The second-order valence-electron chi connectivity index (χ2n) is 7.61. The summed E-state index contributed by atoms with van der Waals surface area (Å²) in [6.07, 6.45) is 7.66. The Hall–Kier alpha value is -2.89. The zero-order chi connectivity index (χ0) is 22.2. The molecule has 31 heavy (non-hydrogen) atoms. The van der Waals surface area contributed by atoms with Crippen LogP contribution < -0.4 is 20.1 Å². The van der Waals surface area contributed by atoms with Crippen molar-refractivity contribution in [3.63, 3.8) is 0 Å². The lowest BCUT2D eigenvalue weighted by molar-refractivity contribution is -0.130. The molecule has 1 aromatic heterocycles. The zero-order valence-corrected chi connectivity index (χ0v) is 18.6. The average molecular weight is 441 g/mol. The maximum atomic E-state index is 12.6. The summed E-state index contributed by atoms with van der Waals surface area (Å²) < 4.78 is 1.85. The number of piperidine rings is 1. The van der Waals surface area contributed by atoms with Gasteiger partial charge in [-0.3, -0.25) is 9.36 Å². The molecule has 0 atom stereocenters. The summed E-state index contributed by atoms with van der Waals surface area (Å²) in [5.41, 5.74) is 1.39. The first-order chi connectivity index (χ1) is 15.0. The van der Waals surface area contributed by atoms with E-state index >= 15 is 0 Å². The fraction of sp³-hybridized carbons (Fsp3) is 0.435. The third-order valence-electron chi connectivity index (χ3n) is 5.45. The molecule has 0 unspecified atom stereocenters. The number of nitrogens with zero attached hydrogens (tertiary/aromatic N) is 3. The van der Waals surface area contributed by atoms with Gasteiger partial charge in [0.25, 0.3) is 5.56 Å². The quantitative estimate of drug-likeness (QED) is 0.651. The molecule has 164 valence electrons. The fourth-order valence-corrected chi connectivity index (χ4v) is 4.92. The summed E-state index contributed by atoms with van der Waals surface area (Å²) in [7, 11) is 0. The number of thiazole rings is 1. The summed E-state index contributed by atoms with van der Waals surface area (Å²) in [6.45, 7) is 5.59. The van der Waals surface area contributed by atoms with Crippen LogP contribution in [-0.2, 0) is 17.8 Å². The van der Waals surface area contributed by atoms with Gasteiger partial charge in [0.05, 0.1) is 0 Å². The van der Waals surface area contributed by atoms with E-state index in [1.165, 1.54) is 42.5 Å². The van der Waals surface area contributed by atoms with E-state index in [1.54, 1.807) is 19.2 Å². The van der Waals surface area contributed by atoms with Crippen LogP contribution in [0.1, 0.15) is 38.2 Å². The number of aryl methyl sites for hydroxylation is 1. The van der Waals surface area contributed by atoms with Crippen LogP contribution in [0.4, 0.5) is 5.69 Å². The van der Waals surface area contributed by atoms with E-state index in [2.05, 4.69) is 22.3 Å². The smallest absolute Gasteiger partial charge is 0.349 e. The minimum Gasteiger partial charge on any atom is -0.477 e. The molecule has 2 N–H and O–H groups in total. The average Bonchev–Trinajstić information content (AvgIpc) is 3.08. The van der Waals surface area contributed by atoms with Crippen molar-refractivity contribution in [2.24, 2.45) is 0 Å². The van der Waals surface area contributed by atoms with E-state index in [-0.39, 0.29) is 10.2 Å². The van der Waals surface area contributed by atoms with E-state index in [4.69, 9.17) is 5.26 Å². The van der Waals surface area contributed by atoms with Crippen LogP contribution in [0.2, 0.25) is 0 Å². The summed E-state index contributed by atoms with van der Waals surface area (Å²) in [6, 6.07) is 9.79. The number of carboxylic acid groups (broad SMARTS) is 1. The second kappa shape index (κ2) is 10.9. The zero-order valence-electron chi connectivity index (χ0n) is 17.8. The van der Waals surface area contributed by atoms with Crippen molar-refractivity contribution in [1.29, 1.82) is 5.26 Å². The van der Waals surface area contributed by atoms with Crippen LogP contribution in [0.15, 0.2) is 29.1 Å². The highest BCUT2D eigenvalue weighted by Crippen LogP contribution is 2.14. The summed E-state index contributed by atoms with van der Waals surface area (Å²) in [5, 5.41) is 21.6. The summed E-state index contributed by atoms with van der Waals surface area (Å²) >= 11 is 1.01. The predicted octanol–water partition coefficient (Wildman–Crippen LogP) is 1.96. The molecule has 1 saturated heterocycles. The third kappa shape index (κ3) is 5.84. The maximum absolute atomic E-state index is 12.6. The van der Waals surface area contributed by atoms with Crippen molar-refractivity contribution in [3.8, 4) is 6.07 Å². The van der Waals surface area contributed by atoms with Gasteiger partial charge in [-0.15, -0.1) is 11.3 Å². The van der Waals surface area contributed by atoms with E-state index in [9.17, 15) is 14.7 Å². The Kier molecular flexibility index (Phi) is 8.04. The summed E-state index contributed by atoms with van der Waals surface area (Å²) in [4.78, 5) is 26.5. The van der Waals surface area contributed by atoms with Crippen molar-refractivity contribution in [2.75, 3.05) is 25.0 Å². The largest absolute Gasteiger partial charge is 0.477 e. The van der Waals surface area contributed by atoms with Crippen LogP contribution in [0.3, 0.4) is 0 Å². The van der Waals surface area contributed by atoms with Crippen LogP contribution in [-0.4, -0.2) is 40.2 Å². The van der Waals surface area contributed by atoms with Crippen LogP contribution in [0.5, 0.6) is 0 Å². The monoisotopic (exact) mass is 440 g/mol. The minimum atomic E-state index is -1.33. The molecule has 2 aromatic rings. The second-order valence-corrected chi connectivity index (χ2v) is 8.64. The Bertz CT molecular complexity index is 1140. The molecule has 0 amide bonds. The number of hydrogen-bond donors (Lipinski definition) is 2. The van der Waals surface area contributed by atoms with Crippen molar-refractivity contribution >= 4 is 34.8 Å². The molecule has 0 bridgehead atoms. The predicted molar refractivity (Wildman–Crippen MR) is 123 cm³/mol. The molecule has 8 heteroatoms. The van der Waals surface area contributed by atoms with Gasteiger partial charge < -0.3 is 15.3 Å². The number of nitrogens with one attached hydrogen (secondary N) is 1. The van der Waals surface area contributed by atoms with Crippen molar-refractivity contribution in [1.82, 2.24) is 9.47 Å². The standard InChI is InChI=1S/C23H28N4O3S/c1-2-27-21(28)20(31-22(27)19(15-24)23(29)30)16-25-18-10-6-8-17(14-18)9-7-13-26-11-4-3-5-12-26/h6,8,10,14,16,25H,2-5,7,9,11-13H2,1H3,(H,29,30). The fourth-order valence-electron chi connectivity index (χ4n) is 3.83. The van der Waals surface area contributed by atoms with Gasteiger partial charge in [0.1, 0.15) is 15.3 Å². The lowest BCUT2D eigenvalue weighted by Gasteiger charge is -2.26. The number of aromatic nitrogens is 1. The molecule has 0 spiro atoms. The Morgan fingerprint density at radius 1 is 1.32 bits per heavy atom. The number of benzene rings is 1. The molecule has 1 fully saturated rings. The Labute approximate surface area is 185 Å². The first kappa shape index (κ1) is 22.8. The third-order valence-corrected chi connectivity index (χ3v) is 6.58. The van der Waals surface area contributed by atoms with Crippen LogP contribution >= 0.6 is 11.3 Å². The molecule has 0 radical (unpaired) electrons. The van der Waals surface area contributed by atoms with Gasteiger partial charge in [-0.05, 0) is 69.9 Å². The normalized spacial score (nSPS) is 16.1. The topological polar surface area (TPSA) is 98.4 Å². The number of nitriles is 1. The van der Waals surface area contributed by atoms with Gasteiger partial charge in [-0.1, -0.05) is 18.6 Å². The molecule has 1 aromatic carbocycles. The van der Waals surface area contributed by atoms with E-state index in [0.29, 0.717) is 11.1 Å². The Morgan fingerprint density at radius 3 is 2.77 bits per heavy atom. The Morgan fingerprint density at radius 2 is 2.10 bits per heavy atom. The molecule has 1 aliphatic heterocycles. The molecule has 7 nitrogen and oxygen atoms in total. The van der Waals surface area contributed by atoms with Gasteiger partial charge in [-0.2, -0.15) is 5.26 Å². The first-order valence-electron chi connectivity index (χ1n) is 10.7. The van der Waals surface area contributed by atoms with Gasteiger partial charge in [0, 0.05) is 18.4 Å². The lowest BCUT2D eigenvalue weighted by atomic mass is 10.1. The van der Waals surface area contributed by atoms with Crippen LogP contribution in [0.25, 0.3) is 11.8 Å². The molecular formula is C23H28N4O3S. The highest BCUT2D eigenvalue weighted by molar-refractivity contribution is 7.07. The molecule has 3 rings (SSSR count). The van der Waals surface area contributed by atoms with Crippen molar-refractivity contribution < 1.29 is 9.90 Å². The van der Waals surface area contributed by atoms with Crippen molar-refractivity contribution in [3.05, 3.63) is 49.4 Å². The molecule has 0 saturated carbocycles. The number of hydrogen-bond acceptors (Lipinski definition) is 6. The number of aliphatic carboxylic acids is 1. The van der Waals surface area contributed by atoms with Gasteiger partial charge in [0.2, 0.25) is 0 Å². The first-order valence-corrected chi connectivity index (χ1v) is 11.5. The van der Waals surface area contributed by atoms with Gasteiger partial charge in [-0.25, -0.2) is 4.79 Å². The van der Waals surface area contributed by atoms with E-state index in [0.717, 1.165) is 36.4 Å². The lowest BCUT2D eigenvalue weighted by Crippen LogP contribution is -2.32. The Balaban J connectivity index is 1.74. The molecule has 0 aliphatic carbocycles. The van der Waals surface area contributed by atoms with E-state index < -0.39 is 11.5 Å². The SMILES string of the molecule is CCn1c(=C(C#N)C(=O)O)sc(=CNc2cccc(CCCN3CCCCC3)c2)c1=O. The highest BCUT2D eigenvalue weighted by Gasteiger charge is 2.13. The van der Waals surface area contributed by atoms with Crippen LogP contribution in [0, 0.1) is 11.3 Å². The van der Waals surface area contributed by atoms with Gasteiger partial charge >= 0.3 is 5.97 Å². The van der Waals surface area contributed by atoms with Gasteiger partial charge in [0.15, 0.2) is 5.57 Å². The number of carbonyl (C=O) groups is 1. The van der Waals surface area contributed by atoms with E-state index in [1.807, 2.05) is 12.1 Å². The number of likely N-dealkylation sites (tertiary alicyclic amines) is 1. The maximum Gasteiger partial charge on any atom is 0.349 e.